The quantitative estimate of drug-likeness (QED) is 0.501. The molecular formula is C18H17N3O5. The highest BCUT2D eigenvalue weighted by Crippen LogP contribution is 2.42. The SMILES string of the molecule is CC1(C)Oc2ccc([N+](=O)[O-])cc2C(n2ccccc2=O)=C1CNC=O. The van der Waals surface area contributed by atoms with E-state index in [1.165, 1.54) is 28.8 Å². The average molecular weight is 355 g/mol. The second-order valence-corrected chi connectivity index (χ2v) is 6.28. The Morgan fingerprint density at radius 2 is 2.08 bits per heavy atom. The summed E-state index contributed by atoms with van der Waals surface area (Å²) in [5, 5.41) is 13.8. The lowest BCUT2D eigenvalue weighted by Gasteiger charge is -2.37. The standard InChI is InChI=1S/C18H17N3O5/c1-18(2)14(10-19-11-22)17(20-8-4-3-5-16(20)23)13-9-12(21(24)25)6-7-15(13)26-18/h3-9,11H,10H2,1-2H3,(H,19,22). The molecule has 0 atom stereocenters. The van der Waals surface area contributed by atoms with Gasteiger partial charge in [0.2, 0.25) is 6.41 Å². The monoisotopic (exact) mass is 355 g/mol. The maximum atomic E-state index is 12.4. The predicted octanol–water partition coefficient (Wildman–Crippen LogP) is 1.93. The number of benzene rings is 1. The topological polar surface area (TPSA) is 103 Å². The van der Waals surface area contributed by atoms with Crippen molar-refractivity contribution in [1.82, 2.24) is 9.88 Å². The van der Waals surface area contributed by atoms with Crippen molar-refractivity contribution in [3.8, 4) is 5.75 Å². The van der Waals surface area contributed by atoms with Crippen molar-refractivity contribution >= 4 is 17.8 Å². The van der Waals surface area contributed by atoms with Gasteiger partial charge in [-0.3, -0.25) is 24.3 Å². The number of amides is 1. The summed E-state index contributed by atoms with van der Waals surface area (Å²) in [6.07, 6.45) is 2.14. The Balaban J connectivity index is 2.36. The fraction of sp³-hybridized carbons (Fsp3) is 0.222. The van der Waals surface area contributed by atoms with Gasteiger partial charge in [0.1, 0.15) is 11.4 Å². The molecule has 2 aromatic rings. The summed E-state index contributed by atoms with van der Waals surface area (Å²) in [6.45, 7) is 3.76. The van der Waals surface area contributed by atoms with Crippen LogP contribution in [0.5, 0.6) is 5.75 Å². The fourth-order valence-electron chi connectivity index (χ4n) is 3.02. The first-order chi connectivity index (χ1) is 12.3. The lowest BCUT2D eigenvalue weighted by Crippen LogP contribution is -2.41. The molecule has 0 unspecified atom stereocenters. The molecule has 0 fully saturated rings. The number of nitro benzene ring substituents is 1. The number of ether oxygens (including phenoxy) is 1. The fourth-order valence-corrected chi connectivity index (χ4v) is 3.02. The highest BCUT2D eigenvalue weighted by atomic mass is 16.6. The van der Waals surface area contributed by atoms with E-state index in [9.17, 15) is 19.7 Å². The smallest absolute Gasteiger partial charge is 0.270 e. The van der Waals surface area contributed by atoms with Gasteiger partial charge in [-0.25, -0.2) is 0 Å². The Morgan fingerprint density at radius 1 is 1.31 bits per heavy atom. The predicted molar refractivity (Wildman–Crippen MR) is 94.9 cm³/mol. The summed E-state index contributed by atoms with van der Waals surface area (Å²) in [6, 6.07) is 8.96. The van der Waals surface area contributed by atoms with E-state index in [1.54, 1.807) is 18.3 Å². The van der Waals surface area contributed by atoms with Gasteiger partial charge in [0.25, 0.3) is 11.2 Å². The maximum Gasteiger partial charge on any atom is 0.270 e. The minimum atomic E-state index is -0.830. The van der Waals surface area contributed by atoms with Crippen LogP contribution in [0.3, 0.4) is 0 Å². The van der Waals surface area contributed by atoms with E-state index in [0.29, 0.717) is 29.0 Å². The van der Waals surface area contributed by atoms with Crippen LogP contribution in [-0.4, -0.2) is 28.0 Å². The molecule has 1 aromatic heterocycles. The minimum Gasteiger partial charge on any atom is -0.483 e. The van der Waals surface area contributed by atoms with E-state index >= 15 is 0 Å². The van der Waals surface area contributed by atoms with Crippen LogP contribution in [0, 0.1) is 10.1 Å². The molecule has 0 spiro atoms. The van der Waals surface area contributed by atoms with Crippen molar-refractivity contribution < 1.29 is 14.5 Å². The van der Waals surface area contributed by atoms with Crippen LogP contribution in [0.1, 0.15) is 19.4 Å². The van der Waals surface area contributed by atoms with Gasteiger partial charge in [0.15, 0.2) is 0 Å². The molecular weight excluding hydrogens is 338 g/mol. The number of nitro groups is 1. The molecule has 2 heterocycles. The van der Waals surface area contributed by atoms with Crippen LogP contribution in [0.2, 0.25) is 0 Å². The first-order valence-electron chi connectivity index (χ1n) is 7.91. The summed E-state index contributed by atoms with van der Waals surface area (Å²) < 4.78 is 7.41. The van der Waals surface area contributed by atoms with Crippen molar-refractivity contribution in [3.63, 3.8) is 0 Å². The number of non-ortho nitro benzene ring substituents is 1. The number of aromatic nitrogens is 1. The Labute approximate surface area is 148 Å². The molecule has 8 nitrogen and oxygen atoms in total. The van der Waals surface area contributed by atoms with Crippen molar-refractivity contribution in [2.75, 3.05) is 6.54 Å². The Hall–Kier alpha value is -3.42. The third kappa shape index (κ3) is 2.97. The summed E-state index contributed by atoms with van der Waals surface area (Å²) in [7, 11) is 0. The Kier molecular flexibility index (Phi) is 4.33. The summed E-state index contributed by atoms with van der Waals surface area (Å²) in [5.41, 5.74) is 0.293. The van der Waals surface area contributed by atoms with Crippen molar-refractivity contribution in [2.24, 2.45) is 0 Å². The average Bonchev–Trinajstić information content (AvgIpc) is 2.59. The van der Waals surface area contributed by atoms with Crippen molar-refractivity contribution in [2.45, 2.75) is 19.4 Å². The van der Waals surface area contributed by atoms with Gasteiger partial charge in [0.05, 0.1) is 10.6 Å². The highest BCUT2D eigenvalue weighted by molar-refractivity contribution is 5.78. The van der Waals surface area contributed by atoms with E-state index < -0.39 is 10.5 Å². The first-order valence-corrected chi connectivity index (χ1v) is 7.91. The lowest BCUT2D eigenvalue weighted by atomic mass is 9.89. The van der Waals surface area contributed by atoms with Gasteiger partial charge in [0, 0.05) is 42.1 Å². The number of hydrogen-bond acceptors (Lipinski definition) is 5. The lowest BCUT2D eigenvalue weighted by molar-refractivity contribution is -0.384. The first kappa shape index (κ1) is 17.4. The summed E-state index contributed by atoms with van der Waals surface area (Å²) >= 11 is 0. The van der Waals surface area contributed by atoms with Crippen LogP contribution >= 0.6 is 0 Å². The number of carbonyl (C=O) groups excluding carboxylic acids is 1. The van der Waals surface area contributed by atoms with Gasteiger partial charge in [-0.2, -0.15) is 0 Å². The molecule has 26 heavy (non-hydrogen) atoms. The number of hydrogen-bond donors (Lipinski definition) is 1. The maximum absolute atomic E-state index is 12.4. The van der Waals surface area contributed by atoms with Gasteiger partial charge >= 0.3 is 0 Å². The van der Waals surface area contributed by atoms with E-state index in [-0.39, 0.29) is 17.8 Å². The molecule has 134 valence electrons. The molecule has 0 aliphatic carbocycles. The number of nitrogens with zero attached hydrogens (tertiary/aromatic N) is 2. The number of carbonyl (C=O) groups is 1. The normalized spacial score (nSPS) is 15.0. The van der Waals surface area contributed by atoms with E-state index in [4.69, 9.17) is 4.74 Å². The molecule has 0 bridgehead atoms. The second kappa shape index (κ2) is 6.47. The molecule has 0 saturated carbocycles. The third-order valence-corrected chi connectivity index (χ3v) is 4.23. The van der Waals surface area contributed by atoms with E-state index in [1.807, 2.05) is 13.8 Å². The molecule has 3 rings (SSSR count). The Bertz CT molecular complexity index is 975. The molecule has 1 aliphatic rings. The molecule has 1 N–H and O–H groups in total. The Morgan fingerprint density at radius 3 is 2.73 bits per heavy atom. The largest absolute Gasteiger partial charge is 0.483 e. The number of fused-ring (bicyclic) bond motifs is 1. The van der Waals surface area contributed by atoms with Crippen LogP contribution in [0.15, 0.2) is 53.0 Å². The van der Waals surface area contributed by atoms with Gasteiger partial charge < -0.3 is 10.1 Å². The molecule has 1 aliphatic heterocycles. The summed E-state index contributed by atoms with van der Waals surface area (Å²) in [5.74, 6) is 0.432. The van der Waals surface area contributed by atoms with Gasteiger partial charge in [-0.1, -0.05) is 6.07 Å². The zero-order chi connectivity index (χ0) is 18.9. The zero-order valence-electron chi connectivity index (χ0n) is 14.3. The number of pyridine rings is 1. The molecule has 0 saturated heterocycles. The van der Waals surface area contributed by atoms with Crippen LogP contribution in [-0.2, 0) is 4.79 Å². The van der Waals surface area contributed by atoms with Crippen molar-refractivity contribution in [1.29, 1.82) is 0 Å². The van der Waals surface area contributed by atoms with Gasteiger partial charge in [-0.05, 0) is 26.0 Å². The second-order valence-electron chi connectivity index (χ2n) is 6.28. The van der Waals surface area contributed by atoms with E-state index in [0.717, 1.165) is 0 Å². The highest BCUT2D eigenvalue weighted by Gasteiger charge is 2.36. The van der Waals surface area contributed by atoms with Crippen LogP contribution in [0.4, 0.5) is 5.69 Å². The minimum absolute atomic E-state index is 0.115. The number of rotatable bonds is 5. The van der Waals surface area contributed by atoms with Crippen molar-refractivity contribution in [3.05, 3.63) is 74.2 Å². The van der Waals surface area contributed by atoms with Crippen LogP contribution < -0.4 is 15.6 Å². The van der Waals surface area contributed by atoms with Gasteiger partial charge in [-0.15, -0.1) is 0 Å². The van der Waals surface area contributed by atoms with Crippen LogP contribution in [0.25, 0.3) is 5.70 Å². The summed E-state index contributed by atoms with van der Waals surface area (Å²) in [4.78, 5) is 34.0. The third-order valence-electron chi connectivity index (χ3n) is 4.23. The number of nitrogens with one attached hydrogen (secondary N) is 1. The zero-order valence-corrected chi connectivity index (χ0v) is 14.3. The molecule has 0 radical (unpaired) electrons. The molecule has 8 heteroatoms. The van der Waals surface area contributed by atoms with E-state index in [2.05, 4.69) is 5.32 Å². The molecule has 1 amide bonds. The molecule has 1 aromatic carbocycles.